The molecule has 0 aromatic heterocycles. The lowest BCUT2D eigenvalue weighted by Gasteiger charge is -2.33. The molecule has 1 N–H and O–H groups in total. The third-order valence-corrected chi connectivity index (χ3v) is 3.60. The molecule has 0 aliphatic carbocycles. The van der Waals surface area contributed by atoms with Crippen molar-refractivity contribution in [3.05, 3.63) is 0 Å². The Kier molecular flexibility index (Phi) is 3.59. The number of ketones is 1. The van der Waals surface area contributed by atoms with Crippen LogP contribution >= 0.6 is 0 Å². The van der Waals surface area contributed by atoms with Gasteiger partial charge < -0.3 is 5.32 Å². The molecule has 0 saturated carbocycles. The molecule has 0 spiro atoms. The van der Waals surface area contributed by atoms with E-state index in [0.29, 0.717) is 37.3 Å². The Morgan fingerprint density at radius 3 is 2.56 bits per heavy atom. The Morgan fingerprint density at radius 2 is 2.00 bits per heavy atom. The zero-order valence-electron chi connectivity index (χ0n) is 9.87. The molecule has 0 aromatic carbocycles. The fourth-order valence-corrected chi connectivity index (χ4v) is 2.81. The van der Waals surface area contributed by atoms with Gasteiger partial charge in [0, 0.05) is 31.5 Å². The second-order valence-electron chi connectivity index (χ2n) is 4.85. The van der Waals surface area contributed by atoms with Crippen LogP contribution in [0.15, 0.2) is 0 Å². The van der Waals surface area contributed by atoms with E-state index in [4.69, 9.17) is 0 Å². The molecule has 4 nitrogen and oxygen atoms in total. The van der Waals surface area contributed by atoms with Gasteiger partial charge in [-0.25, -0.2) is 0 Å². The second-order valence-corrected chi connectivity index (χ2v) is 4.85. The zero-order valence-corrected chi connectivity index (χ0v) is 9.87. The maximum absolute atomic E-state index is 11.6. The van der Waals surface area contributed by atoms with Gasteiger partial charge in [0.25, 0.3) is 0 Å². The van der Waals surface area contributed by atoms with Crippen LogP contribution in [0.3, 0.4) is 0 Å². The van der Waals surface area contributed by atoms with Crippen molar-refractivity contribution in [3.63, 3.8) is 0 Å². The zero-order chi connectivity index (χ0) is 11.5. The number of Topliss-reactive ketones (excluding diaryl/α,β-unsaturated/α-hetero) is 1. The van der Waals surface area contributed by atoms with Gasteiger partial charge in [0.2, 0.25) is 5.91 Å². The highest BCUT2D eigenvalue weighted by molar-refractivity contribution is 5.82. The van der Waals surface area contributed by atoms with Crippen molar-refractivity contribution < 1.29 is 9.59 Å². The third-order valence-electron chi connectivity index (χ3n) is 3.60. The summed E-state index contributed by atoms with van der Waals surface area (Å²) in [6.07, 6.45) is 4.43. The Balaban J connectivity index is 1.86. The van der Waals surface area contributed by atoms with Crippen LogP contribution in [0, 0.1) is 0 Å². The van der Waals surface area contributed by atoms with Crippen molar-refractivity contribution in [1.29, 1.82) is 0 Å². The number of rotatable bonds is 4. The standard InChI is InChI=1S/C12H20N2O2/c1-2-5-13-12(16)8-14-9-3-4-10(14)7-11(15)6-9/h9-10H,2-8H2,1H3,(H,13,16). The molecule has 2 aliphatic heterocycles. The van der Waals surface area contributed by atoms with Crippen molar-refractivity contribution in [1.82, 2.24) is 10.2 Å². The predicted molar refractivity (Wildman–Crippen MR) is 61.1 cm³/mol. The minimum absolute atomic E-state index is 0.105. The molecule has 2 saturated heterocycles. The number of nitrogens with zero attached hydrogens (tertiary/aromatic N) is 1. The summed E-state index contributed by atoms with van der Waals surface area (Å²) in [4.78, 5) is 25.3. The van der Waals surface area contributed by atoms with E-state index in [0.717, 1.165) is 25.8 Å². The maximum Gasteiger partial charge on any atom is 0.234 e. The molecule has 2 heterocycles. The van der Waals surface area contributed by atoms with Crippen LogP contribution in [0.5, 0.6) is 0 Å². The first-order chi connectivity index (χ1) is 7.70. The number of hydrogen-bond acceptors (Lipinski definition) is 3. The highest BCUT2D eigenvalue weighted by atomic mass is 16.2. The fraction of sp³-hybridized carbons (Fsp3) is 0.833. The summed E-state index contributed by atoms with van der Waals surface area (Å²) in [6, 6.07) is 0.664. The third kappa shape index (κ3) is 2.43. The molecule has 1 amide bonds. The number of hydrogen-bond donors (Lipinski definition) is 1. The minimum atomic E-state index is 0.105. The summed E-state index contributed by atoms with van der Waals surface area (Å²) in [6.45, 7) is 3.27. The highest BCUT2D eigenvalue weighted by Crippen LogP contribution is 2.33. The molecule has 2 bridgehead atoms. The molecular formula is C12H20N2O2. The van der Waals surface area contributed by atoms with E-state index in [2.05, 4.69) is 10.2 Å². The number of carbonyl (C=O) groups is 2. The smallest absolute Gasteiger partial charge is 0.234 e. The van der Waals surface area contributed by atoms with E-state index in [1.165, 1.54) is 0 Å². The summed E-state index contributed by atoms with van der Waals surface area (Å²) >= 11 is 0. The Hall–Kier alpha value is -0.900. The first kappa shape index (κ1) is 11.6. The van der Waals surface area contributed by atoms with Gasteiger partial charge in [-0.05, 0) is 19.3 Å². The summed E-state index contributed by atoms with van der Waals surface area (Å²) in [5.41, 5.74) is 0. The van der Waals surface area contributed by atoms with Gasteiger partial charge in [-0.3, -0.25) is 14.5 Å². The summed E-state index contributed by atoms with van der Waals surface area (Å²) in [5, 5.41) is 2.89. The largest absolute Gasteiger partial charge is 0.355 e. The van der Waals surface area contributed by atoms with Crippen molar-refractivity contribution in [3.8, 4) is 0 Å². The minimum Gasteiger partial charge on any atom is -0.355 e. The molecule has 2 fully saturated rings. The Bertz CT molecular complexity index is 275. The molecule has 2 unspecified atom stereocenters. The molecule has 16 heavy (non-hydrogen) atoms. The molecule has 0 radical (unpaired) electrons. The molecule has 0 aromatic rings. The number of piperidine rings is 1. The van der Waals surface area contributed by atoms with Crippen molar-refractivity contribution in [2.75, 3.05) is 13.1 Å². The average molecular weight is 224 g/mol. The van der Waals surface area contributed by atoms with Gasteiger partial charge in [-0.1, -0.05) is 6.92 Å². The maximum atomic E-state index is 11.6. The lowest BCUT2D eigenvalue weighted by atomic mass is 10.0. The summed E-state index contributed by atoms with van der Waals surface area (Å²) in [5.74, 6) is 0.478. The van der Waals surface area contributed by atoms with Gasteiger partial charge in [0.05, 0.1) is 6.54 Å². The normalized spacial score (nSPS) is 29.4. The fourth-order valence-electron chi connectivity index (χ4n) is 2.81. The number of fused-ring (bicyclic) bond motifs is 2. The van der Waals surface area contributed by atoms with Crippen molar-refractivity contribution in [2.45, 2.75) is 51.1 Å². The Labute approximate surface area is 96.4 Å². The molecule has 4 heteroatoms. The van der Waals surface area contributed by atoms with Gasteiger partial charge in [0.1, 0.15) is 5.78 Å². The van der Waals surface area contributed by atoms with Crippen LogP contribution in [-0.2, 0) is 9.59 Å². The van der Waals surface area contributed by atoms with Gasteiger partial charge >= 0.3 is 0 Å². The van der Waals surface area contributed by atoms with Crippen LogP contribution in [0.4, 0.5) is 0 Å². The van der Waals surface area contributed by atoms with Gasteiger partial charge in [-0.15, -0.1) is 0 Å². The van der Waals surface area contributed by atoms with E-state index in [1.807, 2.05) is 6.92 Å². The summed E-state index contributed by atoms with van der Waals surface area (Å²) in [7, 11) is 0. The van der Waals surface area contributed by atoms with Crippen molar-refractivity contribution in [2.24, 2.45) is 0 Å². The monoisotopic (exact) mass is 224 g/mol. The number of amides is 1. The lowest BCUT2D eigenvalue weighted by Crippen LogP contribution is -2.48. The Morgan fingerprint density at radius 1 is 1.38 bits per heavy atom. The average Bonchev–Trinajstić information content (AvgIpc) is 2.50. The van der Waals surface area contributed by atoms with E-state index in [9.17, 15) is 9.59 Å². The molecular weight excluding hydrogens is 204 g/mol. The molecule has 2 rings (SSSR count). The molecule has 90 valence electrons. The number of carbonyl (C=O) groups excluding carboxylic acids is 2. The SMILES string of the molecule is CCCNC(=O)CN1C2CCC1CC(=O)C2. The first-order valence-electron chi connectivity index (χ1n) is 6.25. The topological polar surface area (TPSA) is 49.4 Å². The van der Waals surface area contributed by atoms with Gasteiger partial charge in [0.15, 0.2) is 0 Å². The van der Waals surface area contributed by atoms with Crippen LogP contribution in [0.1, 0.15) is 39.0 Å². The second kappa shape index (κ2) is 4.95. The van der Waals surface area contributed by atoms with Crippen LogP contribution in [0.25, 0.3) is 0 Å². The van der Waals surface area contributed by atoms with E-state index < -0.39 is 0 Å². The highest BCUT2D eigenvalue weighted by Gasteiger charge is 2.40. The number of nitrogens with one attached hydrogen (secondary N) is 1. The lowest BCUT2D eigenvalue weighted by molar-refractivity contribution is -0.128. The van der Waals surface area contributed by atoms with Crippen LogP contribution in [0.2, 0.25) is 0 Å². The van der Waals surface area contributed by atoms with Crippen LogP contribution < -0.4 is 5.32 Å². The van der Waals surface area contributed by atoms with E-state index >= 15 is 0 Å². The first-order valence-corrected chi connectivity index (χ1v) is 6.25. The predicted octanol–water partition coefficient (Wildman–Crippen LogP) is 0.708. The molecule has 2 aliphatic rings. The van der Waals surface area contributed by atoms with Gasteiger partial charge in [-0.2, -0.15) is 0 Å². The quantitative estimate of drug-likeness (QED) is 0.765. The van der Waals surface area contributed by atoms with E-state index in [1.54, 1.807) is 0 Å². The molecule has 2 atom stereocenters. The van der Waals surface area contributed by atoms with Crippen LogP contribution in [-0.4, -0.2) is 41.8 Å². The summed E-state index contributed by atoms with van der Waals surface area (Å²) < 4.78 is 0. The van der Waals surface area contributed by atoms with Crippen molar-refractivity contribution >= 4 is 11.7 Å². The van der Waals surface area contributed by atoms with E-state index in [-0.39, 0.29) is 5.91 Å².